The van der Waals surface area contributed by atoms with Gasteiger partial charge in [-0.1, -0.05) is 11.8 Å². The third-order valence-corrected chi connectivity index (χ3v) is 3.56. The molecule has 0 aliphatic heterocycles. The number of tetrazole rings is 1. The van der Waals surface area contributed by atoms with E-state index in [1.807, 2.05) is 0 Å². The molecule has 0 spiro atoms. The van der Waals surface area contributed by atoms with E-state index in [1.165, 1.54) is 11.8 Å². The number of thioether (sulfide) groups is 1. The highest BCUT2D eigenvalue weighted by atomic mass is 32.2. The van der Waals surface area contributed by atoms with E-state index in [-0.39, 0.29) is 12.2 Å². The highest BCUT2D eigenvalue weighted by Gasteiger charge is 2.08. The minimum Gasteiger partial charge on any atom is -0.508 e. The van der Waals surface area contributed by atoms with Crippen molar-refractivity contribution in [3.05, 3.63) is 24.3 Å². The van der Waals surface area contributed by atoms with E-state index < -0.39 is 5.97 Å². The van der Waals surface area contributed by atoms with Gasteiger partial charge >= 0.3 is 5.97 Å². The summed E-state index contributed by atoms with van der Waals surface area (Å²) in [7, 11) is 0. The summed E-state index contributed by atoms with van der Waals surface area (Å²) in [6.07, 6.45) is 1.62. The molecule has 0 unspecified atom stereocenters. The van der Waals surface area contributed by atoms with Crippen molar-refractivity contribution in [2.24, 2.45) is 0 Å². The predicted molar refractivity (Wildman–Crippen MR) is 73.0 cm³/mol. The number of aliphatic carboxylic acids is 1. The highest BCUT2D eigenvalue weighted by Crippen LogP contribution is 2.20. The van der Waals surface area contributed by atoms with Crippen molar-refractivity contribution in [3.8, 4) is 11.4 Å². The van der Waals surface area contributed by atoms with Crippen LogP contribution >= 0.6 is 11.8 Å². The maximum Gasteiger partial charge on any atom is 0.303 e. The molecule has 0 saturated carbocycles. The number of benzene rings is 1. The van der Waals surface area contributed by atoms with Gasteiger partial charge in [-0.25, -0.2) is 0 Å². The maximum absolute atomic E-state index is 10.4. The third-order valence-electron chi connectivity index (χ3n) is 2.55. The Morgan fingerprint density at radius 3 is 2.70 bits per heavy atom. The van der Waals surface area contributed by atoms with Gasteiger partial charge in [0.05, 0.1) is 5.69 Å². The van der Waals surface area contributed by atoms with Gasteiger partial charge in [0.1, 0.15) is 5.75 Å². The van der Waals surface area contributed by atoms with Crippen molar-refractivity contribution in [3.63, 3.8) is 0 Å². The molecule has 0 aliphatic rings. The smallest absolute Gasteiger partial charge is 0.303 e. The third kappa shape index (κ3) is 3.95. The molecule has 0 radical (unpaired) electrons. The Balaban J connectivity index is 1.92. The Bertz CT molecular complexity index is 570. The summed E-state index contributed by atoms with van der Waals surface area (Å²) in [5.41, 5.74) is 0.765. The van der Waals surface area contributed by atoms with Gasteiger partial charge in [0.2, 0.25) is 5.16 Å². The lowest BCUT2D eigenvalue weighted by molar-refractivity contribution is -0.137. The number of aromatic nitrogens is 4. The first-order valence-electron chi connectivity index (χ1n) is 6.09. The quantitative estimate of drug-likeness (QED) is 0.592. The maximum atomic E-state index is 10.4. The number of phenols is 1. The Labute approximate surface area is 119 Å². The molecule has 2 aromatic rings. The molecule has 1 heterocycles. The zero-order chi connectivity index (χ0) is 14.4. The Morgan fingerprint density at radius 1 is 1.25 bits per heavy atom. The second kappa shape index (κ2) is 6.90. The molecule has 0 bridgehead atoms. The summed E-state index contributed by atoms with van der Waals surface area (Å²) >= 11 is 1.48. The SMILES string of the molecule is O=C(O)CCCCSc1nnnn1-c1ccc(O)cc1. The number of phenolic OH excluding ortho intramolecular Hbond substituents is 1. The first-order valence-corrected chi connectivity index (χ1v) is 7.08. The summed E-state index contributed by atoms with van der Waals surface area (Å²) in [4.78, 5) is 10.4. The van der Waals surface area contributed by atoms with Gasteiger partial charge in [-0.2, -0.15) is 4.68 Å². The summed E-state index contributed by atoms with van der Waals surface area (Å²) in [6.45, 7) is 0. The molecule has 1 aromatic heterocycles. The highest BCUT2D eigenvalue weighted by molar-refractivity contribution is 7.99. The molecule has 20 heavy (non-hydrogen) atoms. The van der Waals surface area contributed by atoms with Crippen molar-refractivity contribution < 1.29 is 15.0 Å². The topological polar surface area (TPSA) is 101 Å². The molecule has 0 saturated heterocycles. The Hall–Kier alpha value is -2.09. The van der Waals surface area contributed by atoms with Crippen LogP contribution in [-0.2, 0) is 4.79 Å². The summed E-state index contributed by atoms with van der Waals surface area (Å²) in [5, 5.41) is 29.9. The number of carbonyl (C=O) groups is 1. The molecule has 0 atom stereocenters. The number of nitrogens with zero attached hydrogens (tertiary/aromatic N) is 4. The largest absolute Gasteiger partial charge is 0.508 e. The van der Waals surface area contributed by atoms with Gasteiger partial charge < -0.3 is 10.2 Å². The lowest BCUT2D eigenvalue weighted by Crippen LogP contribution is -1.99. The van der Waals surface area contributed by atoms with Crippen molar-refractivity contribution >= 4 is 17.7 Å². The molecule has 7 nitrogen and oxygen atoms in total. The lowest BCUT2D eigenvalue weighted by Gasteiger charge is -2.04. The summed E-state index contributed by atoms with van der Waals surface area (Å²) in [5.74, 6) is 0.166. The van der Waals surface area contributed by atoms with E-state index in [0.29, 0.717) is 11.6 Å². The Morgan fingerprint density at radius 2 is 2.00 bits per heavy atom. The van der Waals surface area contributed by atoms with Crippen LogP contribution in [0, 0.1) is 0 Å². The first-order chi connectivity index (χ1) is 9.66. The number of hydrogen-bond donors (Lipinski definition) is 2. The number of rotatable bonds is 7. The van der Waals surface area contributed by atoms with Crippen LogP contribution in [0.3, 0.4) is 0 Å². The molecule has 2 N–H and O–H groups in total. The average Bonchev–Trinajstić information content (AvgIpc) is 2.87. The molecule has 1 aromatic carbocycles. The molecule has 0 amide bonds. The van der Waals surface area contributed by atoms with E-state index in [0.717, 1.165) is 17.9 Å². The van der Waals surface area contributed by atoms with E-state index >= 15 is 0 Å². The van der Waals surface area contributed by atoms with E-state index in [4.69, 9.17) is 5.11 Å². The second-order valence-electron chi connectivity index (χ2n) is 4.09. The number of unbranched alkanes of at least 4 members (excludes halogenated alkanes) is 1. The molecule has 0 aliphatic carbocycles. The molecule has 2 rings (SSSR count). The van der Waals surface area contributed by atoms with Crippen molar-refractivity contribution in [2.75, 3.05) is 5.75 Å². The van der Waals surface area contributed by atoms with Gasteiger partial charge in [-0.15, -0.1) is 5.10 Å². The predicted octanol–water partition coefficient (Wildman–Crippen LogP) is 1.71. The lowest BCUT2D eigenvalue weighted by atomic mass is 10.3. The van der Waals surface area contributed by atoms with Gasteiger partial charge in [0.15, 0.2) is 0 Å². The summed E-state index contributed by atoms with van der Waals surface area (Å²) in [6, 6.07) is 6.58. The number of carboxylic acids is 1. The van der Waals surface area contributed by atoms with Crippen LogP contribution in [0.15, 0.2) is 29.4 Å². The Kier molecular flexibility index (Phi) is 4.94. The van der Waals surface area contributed by atoms with Crippen LogP contribution in [0.5, 0.6) is 5.75 Å². The van der Waals surface area contributed by atoms with Crippen LogP contribution in [0.1, 0.15) is 19.3 Å². The fraction of sp³-hybridized carbons (Fsp3) is 0.333. The normalized spacial score (nSPS) is 10.6. The fourth-order valence-corrected chi connectivity index (χ4v) is 2.46. The van der Waals surface area contributed by atoms with E-state index in [1.54, 1.807) is 28.9 Å². The van der Waals surface area contributed by atoms with Crippen molar-refractivity contribution in [2.45, 2.75) is 24.4 Å². The molecule has 106 valence electrons. The van der Waals surface area contributed by atoms with Crippen LogP contribution in [-0.4, -0.2) is 42.1 Å². The van der Waals surface area contributed by atoms with Crippen LogP contribution in [0.4, 0.5) is 0 Å². The fourth-order valence-electron chi connectivity index (χ4n) is 1.57. The zero-order valence-corrected chi connectivity index (χ0v) is 11.5. The number of hydrogen-bond acceptors (Lipinski definition) is 6. The summed E-state index contributed by atoms with van der Waals surface area (Å²) < 4.78 is 1.58. The van der Waals surface area contributed by atoms with Crippen LogP contribution in [0.2, 0.25) is 0 Å². The van der Waals surface area contributed by atoms with Gasteiger partial charge in [0.25, 0.3) is 0 Å². The van der Waals surface area contributed by atoms with Crippen molar-refractivity contribution in [1.29, 1.82) is 0 Å². The van der Waals surface area contributed by atoms with Crippen LogP contribution < -0.4 is 0 Å². The van der Waals surface area contributed by atoms with Gasteiger partial charge in [-0.3, -0.25) is 4.79 Å². The second-order valence-corrected chi connectivity index (χ2v) is 5.15. The molecule has 8 heteroatoms. The monoisotopic (exact) mass is 294 g/mol. The van der Waals surface area contributed by atoms with E-state index in [2.05, 4.69) is 15.5 Å². The molecular weight excluding hydrogens is 280 g/mol. The molecular formula is C12H14N4O3S. The van der Waals surface area contributed by atoms with Gasteiger partial charge in [0, 0.05) is 12.2 Å². The van der Waals surface area contributed by atoms with Gasteiger partial charge in [-0.05, 0) is 47.5 Å². The first kappa shape index (κ1) is 14.3. The van der Waals surface area contributed by atoms with Crippen LogP contribution in [0.25, 0.3) is 5.69 Å². The molecule has 0 fully saturated rings. The number of aromatic hydroxyl groups is 1. The zero-order valence-electron chi connectivity index (χ0n) is 10.6. The minimum atomic E-state index is -0.774. The minimum absolute atomic E-state index is 0.184. The van der Waals surface area contributed by atoms with Crippen molar-refractivity contribution in [1.82, 2.24) is 20.2 Å². The average molecular weight is 294 g/mol. The number of carboxylic acid groups (broad SMARTS) is 1. The van der Waals surface area contributed by atoms with E-state index in [9.17, 15) is 9.90 Å². The standard InChI is InChI=1S/C12H14N4O3S/c17-10-6-4-9(5-7-10)16-12(13-14-15-16)20-8-2-1-3-11(18)19/h4-7,17H,1-3,8H2,(H,18,19).